The Labute approximate surface area is 127 Å². The first-order valence-electron chi connectivity index (χ1n) is 6.58. The van der Waals surface area contributed by atoms with Crippen molar-refractivity contribution in [3.63, 3.8) is 0 Å². The topological polar surface area (TPSA) is 62.7 Å². The van der Waals surface area contributed by atoms with Crippen molar-refractivity contribution in [1.29, 1.82) is 0 Å². The van der Waals surface area contributed by atoms with Crippen molar-refractivity contribution in [2.75, 3.05) is 19.1 Å². The third-order valence-corrected chi connectivity index (χ3v) is 4.04. The lowest BCUT2D eigenvalue weighted by molar-refractivity contribution is -0.136. The minimum Gasteiger partial charge on any atom is -0.497 e. The minimum atomic E-state index is -0.795. The second-order valence-corrected chi connectivity index (χ2v) is 5.56. The molecule has 0 fully saturated rings. The summed E-state index contributed by atoms with van der Waals surface area (Å²) in [7, 11) is 3.62. The van der Waals surface area contributed by atoms with Gasteiger partial charge in [0, 0.05) is 25.4 Å². The number of aryl methyl sites for hydroxylation is 1. The monoisotopic (exact) mass is 306 g/mol. The number of carbonyl (C=O) groups is 1. The summed E-state index contributed by atoms with van der Waals surface area (Å²) in [6, 6.07) is 7.91. The van der Waals surface area contributed by atoms with Gasteiger partial charge >= 0.3 is 5.97 Å². The van der Waals surface area contributed by atoms with Crippen molar-refractivity contribution in [1.82, 2.24) is 4.98 Å². The van der Waals surface area contributed by atoms with E-state index >= 15 is 0 Å². The van der Waals surface area contributed by atoms with Gasteiger partial charge in [-0.2, -0.15) is 0 Å². The average molecular weight is 306 g/mol. The zero-order valence-corrected chi connectivity index (χ0v) is 12.9. The van der Waals surface area contributed by atoms with Crippen molar-refractivity contribution < 1.29 is 14.6 Å². The summed E-state index contributed by atoms with van der Waals surface area (Å²) in [5.74, 6) is 0.0442. The lowest BCUT2D eigenvalue weighted by Gasteiger charge is -2.15. The highest BCUT2D eigenvalue weighted by Gasteiger charge is 2.09. The van der Waals surface area contributed by atoms with Gasteiger partial charge in [0.25, 0.3) is 0 Å². The van der Waals surface area contributed by atoms with E-state index in [9.17, 15) is 4.79 Å². The number of ether oxygens (including phenoxy) is 1. The van der Waals surface area contributed by atoms with E-state index in [2.05, 4.69) is 9.88 Å². The highest BCUT2D eigenvalue weighted by atomic mass is 32.1. The number of hydrogen-bond donors (Lipinski definition) is 1. The Bertz CT molecular complexity index is 595. The first-order chi connectivity index (χ1) is 10.1. The second-order valence-electron chi connectivity index (χ2n) is 4.72. The van der Waals surface area contributed by atoms with E-state index in [0.717, 1.165) is 23.1 Å². The number of benzene rings is 1. The maximum absolute atomic E-state index is 10.6. The quantitative estimate of drug-likeness (QED) is 0.852. The molecule has 0 radical (unpaired) electrons. The SMILES string of the molecule is COc1ccc(CN(C)c2nc(CCC(=O)O)cs2)cc1. The van der Waals surface area contributed by atoms with E-state index < -0.39 is 5.97 Å². The van der Waals surface area contributed by atoms with Crippen LogP contribution in [0, 0.1) is 0 Å². The van der Waals surface area contributed by atoms with Crippen LogP contribution in [0.2, 0.25) is 0 Å². The maximum Gasteiger partial charge on any atom is 0.303 e. The zero-order valence-electron chi connectivity index (χ0n) is 12.1. The summed E-state index contributed by atoms with van der Waals surface area (Å²) in [6.07, 6.45) is 0.591. The summed E-state index contributed by atoms with van der Waals surface area (Å²) in [4.78, 5) is 17.1. The molecule has 0 unspecified atom stereocenters. The Morgan fingerprint density at radius 1 is 1.38 bits per heavy atom. The highest BCUT2D eigenvalue weighted by molar-refractivity contribution is 7.13. The smallest absolute Gasteiger partial charge is 0.303 e. The molecule has 2 rings (SSSR count). The van der Waals surface area contributed by atoms with E-state index in [0.29, 0.717) is 6.42 Å². The summed E-state index contributed by atoms with van der Waals surface area (Å²) in [5, 5.41) is 11.5. The molecule has 0 atom stereocenters. The number of aromatic nitrogens is 1. The van der Waals surface area contributed by atoms with Crippen molar-refractivity contribution >= 4 is 22.4 Å². The average Bonchev–Trinajstić information content (AvgIpc) is 2.95. The fourth-order valence-electron chi connectivity index (χ4n) is 1.89. The molecule has 0 bridgehead atoms. The van der Waals surface area contributed by atoms with E-state index in [1.807, 2.05) is 36.7 Å². The summed E-state index contributed by atoms with van der Waals surface area (Å²) in [5.41, 5.74) is 2.00. The standard InChI is InChI=1S/C15H18N2O3S/c1-17(9-11-3-6-13(20-2)7-4-11)15-16-12(10-21-15)5-8-14(18)19/h3-4,6-7,10H,5,8-9H2,1-2H3,(H,18,19). The van der Waals surface area contributed by atoms with Crippen molar-refractivity contribution in [2.24, 2.45) is 0 Å². The molecule has 0 aliphatic heterocycles. The lowest BCUT2D eigenvalue weighted by Crippen LogP contribution is -2.16. The molecule has 5 nitrogen and oxygen atoms in total. The van der Waals surface area contributed by atoms with Crippen molar-refractivity contribution in [3.8, 4) is 5.75 Å². The Balaban J connectivity index is 1.95. The number of carboxylic acids is 1. The van der Waals surface area contributed by atoms with E-state index in [4.69, 9.17) is 9.84 Å². The largest absolute Gasteiger partial charge is 0.497 e. The van der Waals surface area contributed by atoms with Crippen LogP contribution < -0.4 is 9.64 Å². The molecule has 1 heterocycles. The Morgan fingerprint density at radius 3 is 2.71 bits per heavy atom. The molecule has 0 amide bonds. The molecule has 0 saturated carbocycles. The zero-order chi connectivity index (χ0) is 15.2. The van der Waals surface area contributed by atoms with Gasteiger partial charge in [-0.25, -0.2) is 4.98 Å². The predicted octanol–water partition coefficient (Wildman–Crippen LogP) is 2.81. The molecule has 0 spiro atoms. The molecule has 6 heteroatoms. The molecule has 1 aromatic carbocycles. The number of hydrogen-bond acceptors (Lipinski definition) is 5. The molecule has 2 aromatic rings. The van der Waals surface area contributed by atoms with Gasteiger partial charge in [-0.3, -0.25) is 4.79 Å². The number of nitrogens with zero attached hydrogens (tertiary/aromatic N) is 2. The van der Waals surface area contributed by atoms with Gasteiger partial charge in [0.05, 0.1) is 19.2 Å². The third-order valence-electron chi connectivity index (χ3n) is 3.04. The molecule has 21 heavy (non-hydrogen) atoms. The van der Waals surface area contributed by atoms with E-state index in [1.165, 1.54) is 16.9 Å². The second kappa shape index (κ2) is 7.08. The fourth-order valence-corrected chi connectivity index (χ4v) is 2.72. The van der Waals surface area contributed by atoms with Crippen LogP contribution in [-0.4, -0.2) is 30.2 Å². The van der Waals surface area contributed by atoms with Crippen molar-refractivity contribution in [2.45, 2.75) is 19.4 Å². The molecule has 0 aliphatic carbocycles. The van der Waals surface area contributed by atoms with Gasteiger partial charge in [0.15, 0.2) is 5.13 Å². The Hall–Kier alpha value is -2.08. The van der Waals surface area contributed by atoms with Crippen molar-refractivity contribution in [3.05, 3.63) is 40.9 Å². The van der Waals surface area contributed by atoms with Crippen LogP contribution in [0.5, 0.6) is 5.75 Å². The predicted molar refractivity (Wildman–Crippen MR) is 83.2 cm³/mol. The molecule has 0 aliphatic rings. The number of thiazole rings is 1. The number of aliphatic carboxylic acids is 1. The van der Waals surface area contributed by atoms with Crippen LogP contribution in [0.25, 0.3) is 0 Å². The summed E-state index contributed by atoms with van der Waals surface area (Å²) in [6.45, 7) is 0.746. The number of rotatable bonds is 7. The summed E-state index contributed by atoms with van der Waals surface area (Å²) < 4.78 is 5.14. The normalized spacial score (nSPS) is 10.4. The van der Waals surface area contributed by atoms with Crippen LogP contribution in [0.1, 0.15) is 17.7 Å². The summed E-state index contributed by atoms with van der Waals surface area (Å²) >= 11 is 1.53. The molecule has 1 aromatic heterocycles. The van der Waals surface area contributed by atoms with Gasteiger partial charge in [-0.05, 0) is 17.7 Å². The highest BCUT2D eigenvalue weighted by Crippen LogP contribution is 2.22. The van der Waals surface area contributed by atoms with Crippen LogP contribution in [0.4, 0.5) is 5.13 Å². The van der Waals surface area contributed by atoms with Crippen LogP contribution in [0.3, 0.4) is 0 Å². The minimum absolute atomic E-state index is 0.116. The molecule has 112 valence electrons. The third kappa shape index (κ3) is 4.46. The first kappa shape index (κ1) is 15.3. The van der Waals surface area contributed by atoms with E-state index in [-0.39, 0.29) is 6.42 Å². The van der Waals surface area contributed by atoms with Crippen LogP contribution >= 0.6 is 11.3 Å². The van der Waals surface area contributed by atoms with Crippen LogP contribution in [-0.2, 0) is 17.8 Å². The Kier molecular flexibility index (Phi) is 5.16. The Morgan fingerprint density at radius 2 is 2.10 bits per heavy atom. The fraction of sp³-hybridized carbons (Fsp3) is 0.333. The van der Waals surface area contributed by atoms with Gasteiger partial charge in [0.2, 0.25) is 0 Å². The number of carboxylic acid groups (broad SMARTS) is 1. The van der Waals surface area contributed by atoms with E-state index in [1.54, 1.807) is 7.11 Å². The number of methoxy groups -OCH3 is 1. The van der Waals surface area contributed by atoms with Gasteiger partial charge in [-0.15, -0.1) is 11.3 Å². The molecule has 1 N–H and O–H groups in total. The van der Waals surface area contributed by atoms with Gasteiger partial charge in [0.1, 0.15) is 5.75 Å². The number of anilines is 1. The molecular weight excluding hydrogens is 288 g/mol. The van der Waals surface area contributed by atoms with Crippen LogP contribution in [0.15, 0.2) is 29.6 Å². The first-order valence-corrected chi connectivity index (χ1v) is 7.46. The lowest BCUT2D eigenvalue weighted by atomic mass is 10.2. The van der Waals surface area contributed by atoms with Gasteiger partial charge < -0.3 is 14.7 Å². The molecular formula is C15H18N2O3S. The van der Waals surface area contributed by atoms with Gasteiger partial charge in [-0.1, -0.05) is 12.1 Å². The maximum atomic E-state index is 10.6. The molecule has 0 saturated heterocycles.